The van der Waals surface area contributed by atoms with Crippen LogP contribution in [-0.4, -0.2) is 10.9 Å². The van der Waals surface area contributed by atoms with Gasteiger partial charge >= 0.3 is 0 Å². The molecule has 2 heterocycles. The van der Waals surface area contributed by atoms with Crippen LogP contribution in [0.1, 0.15) is 12.0 Å². The first-order valence-electron chi connectivity index (χ1n) is 7.32. The number of halogens is 1. The Kier molecular flexibility index (Phi) is 5.82. The summed E-state index contributed by atoms with van der Waals surface area (Å²) in [6, 6.07) is 13.7. The first-order valence-corrected chi connectivity index (χ1v) is 7.32. The maximum Gasteiger partial charge on any atom is 0.230 e. The number of fused-ring (bicyclic) bond motifs is 1. The number of anilines is 1. The molecular weight excluding hydrogens is 354 g/mol. The average Bonchev–Trinajstić information content (AvgIpc) is 2.55. The van der Waals surface area contributed by atoms with Crippen LogP contribution in [0.5, 0.6) is 0 Å². The lowest BCUT2D eigenvalue weighted by Crippen LogP contribution is -3.00. The van der Waals surface area contributed by atoms with Crippen molar-refractivity contribution >= 4 is 22.5 Å². The van der Waals surface area contributed by atoms with E-state index in [2.05, 4.69) is 10.3 Å². The minimum atomic E-state index is -0.00812. The number of aryl methyl sites for hydroxylation is 2. The number of hydrogen-bond donors (Lipinski definition) is 1. The van der Waals surface area contributed by atoms with E-state index in [-0.39, 0.29) is 22.9 Å². The highest BCUT2D eigenvalue weighted by Gasteiger charge is 2.09. The van der Waals surface area contributed by atoms with E-state index in [1.807, 2.05) is 66.3 Å². The van der Waals surface area contributed by atoms with Crippen molar-refractivity contribution in [2.24, 2.45) is 0 Å². The Morgan fingerprint density at radius 1 is 1.13 bits per heavy atom. The largest absolute Gasteiger partial charge is 1.00 e. The molecule has 3 aromatic rings. The Labute approximate surface area is 146 Å². The minimum Gasteiger partial charge on any atom is -1.00 e. The summed E-state index contributed by atoms with van der Waals surface area (Å²) in [5, 5.41) is 3.97. The number of para-hydroxylation sites is 1. The van der Waals surface area contributed by atoms with E-state index in [4.69, 9.17) is 0 Å². The van der Waals surface area contributed by atoms with Crippen molar-refractivity contribution in [3.8, 4) is 0 Å². The normalized spacial score (nSPS) is 10.1. The maximum absolute atomic E-state index is 12.1. The van der Waals surface area contributed by atoms with Gasteiger partial charge in [-0.2, -0.15) is 0 Å². The summed E-state index contributed by atoms with van der Waals surface area (Å²) in [5.74, 6) is -0.00812. The highest BCUT2D eigenvalue weighted by molar-refractivity contribution is 6.00. The van der Waals surface area contributed by atoms with Gasteiger partial charge in [0, 0.05) is 23.7 Å². The molecule has 0 unspecified atom stereocenters. The highest BCUT2D eigenvalue weighted by Crippen LogP contribution is 2.20. The standard InChI is InChI=1S/C18H17N3O.BrH/c1-14-7-11-21(12-8-14)13-9-17(22)20-16-6-2-4-15-5-3-10-19-18(15)16;/h2-8,10-12H,9,13H2,1H3;1H. The summed E-state index contributed by atoms with van der Waals surface area (Å²) in [5.41, 5.74) is 2.79. The molecular formula is C18H18BrN3O. The second-order valence-electron chi connectivity index (χ2n) is 5.29. The number of pyridine rings is 2. The number of benzene rings is 1. The van der Waals surface area contributed by atoms with Gasteiger partial charge in [-0.3, -0.25) is 9.78 Å². The third-order valence-corrected chi connectivity index (χ3v) is 3.56. The molecule has 0 saturated carbocycles. The van der Waals surface area contributed by atoms with Crippen molar-refractivity contribution in [2.45, 2.75) is 19.9 Å². The molecule has 5 heteroatoms. The van der Waals surface area contributed by atoms with Crippen LogP contribution in [0, 0.1) is 6.92 Å². The van der Waals surface area contributed by atoms with E-state index < -0.39 is 0 Å². The van der Waals surface area contributed by atoms with Gasteiger partial charge in [0.1, 0.15) is 0 Å². The van der Waals surface area contributed by atoms with E-state index in [0.717, 1.165) is 16.6 Å². The van der Waals surface area contributed by atoms with Gasteiger partial charge in [-0.25, -0.2) is 4.57 Å². The number of carbonyl (C=O) groups excluding carboxylic acids is 1. The fraction of sp³-hybridized carbons (Fsp3) is 0.167. The summed E-state index contributed by atoms with van der Waals surface area (Å²) in [4.78, 5) is 16.5. The molecule has 23 heavy (non-hydrogen) atoms. The molecule has 0 bridgehead atoms. The fourth-order valence-electron chi connectivity index (χ4n) is 2.33. The van der Waals surface area contributed by atoms with Gasteiger partial charge in [0.25, 0.3) is 0 Å². The van der Waals surface area contributed by atoms with E-state index in [1.54, 1.807) is 6.20 Å². The summed E-state index contributed by atoms with van der Waals surface area (Å²) < 4.78 is 2.01. The SMILES string of the molecule is Cc1cc[n+](CCC(=O)Nc2cccc3cccnc23)cc1.[Br-]. The van der Waals surface area contributed by atoms with E-state index in [0.29, 0.717) is 13.0 Å². The van der Waals surface area contributed by atoms with Crippen LogP contribution in [0.15, 0.2) is 61.1 Å². The first-order chi connectivity index (χ1) is 10.7. The molecule has 0 fully saturated rings. The predicted molar refractivity (Wildman–Crippen MR) is 86.4 cm³/mol. The van der Waals surface area contributed by atoms with Crippen LogP contribution >= 0.6 is 0 Å². The second kappa shape index (κ2) is 7.83. The quantitative estimate of drug-likeness (QED) is 0.649. The van der Waals surface area contributed by atoms with Crippen molar-refractivity contribution in [2.75, 3.05) is 5.32 Å². The van der Waals surface area contributed by atoms with Crippen molar-refractivity contribution in [3.05, 3.63) is 66.6 Å². The van der Waals surface area contributed by atoms with Crippen LogP contribution in [0.4, 0.5) is 5.69 Å². The van der Waals surface area contributed by atoms with Gasteiger partial charge in [-0.05, 0) is 24.6 Å². The van der Waals surface area contributed by atoms with Gasteiger partial charge in [-0.15, -0.1) is 0 Å². The molecule has 1 amide bonds. The zero-order valence-corrected chi connectivity index (χ0v) is 14.5. The van der Waals surface area contributed by atoms with Crippen LogP contribution < -0.4 is 26.9 Å². The second-order valence-corrected chi connectivity index (χ2v) is 5.29. The number of rotatable bonds is 4. The van der Waals surface area contributed by atoms with Crippen molar-refractivity contribution < 1.29 is 26.3 Å². The Morgan fingerprint density at radius 2 is 1.87 bits per heavy atom. The van der Waals surface area contributed by atoms with E-state index in [1.165, 1.54) is 5.56 Å². The zero-order valence-electron chi connectivity index (χ0n) is 12.9. The zero-order chi connectivity index (χ0) is 15.4. The molecule has 0 atom stereocenters. The van der Waals surface area contributed by atoms with Gasteiger partial charge in [0.05, 0.1) is 17.6 Å². The topological polar surface area (TPSA) is 45.9 Å². The molecule has 0 spiro atoms. The lowest BCUT2D eigenvalue weighted by Gasteiger charge is -2.07. The number of aromatic nitrogens is 2. The van der Waals surface area contributed by atoms with Crippen LogP contribution in [0.25, 0.3) is 10.9 Å². The molecule has 118 valence electrons. The fourth-order valence-corrected chi connectivity index (χ4v) is 2.33. The number of carbonyl (C=O) groups is 1. The molecule has 1 N–H and O–H groups in total. The smallest absolute Gasteiger partial charge is 0.230 e. The lowest BCUT2D eigenvalue weighted by molar-refractivity contribution is -0.695. The molecule has 0 saturated heterocycles. The molecule has 2 aromatic heterocycles. The monoisotopic (exact) mass is 371 g/mol. The van der Waals surface area contributed by atoms with Gasteiger partial charge < -0.3 is 22.3 Å². The van der Waals surface area contributed by atoms with Gasteiger partial charge in [0.15, 0.2) is 18.9 Å². The van der Waals surface area contributed by atoms with Crippen molar-refractivity contribution in [1.82, 2.24) is 4.98 Å². The van der Waals surface area contributed by atoms with Crippen LogP contribution in [0.3, 0.4) is 0 Å². The minimum absolute atomic E-state index is 0. The summed E-state index contributed by atoms with van der Waals surface area (Å²) in [6.07, 6.45) is 6.14. The maximum atomic E-state index is 12.1. The van der Waals surface area contributed by atoms with Crippen molar-refractivity contribution in [3.63, 3.8) is 0 Å². The van der Waals surface area contributed by atoms with Gasteiger partial charge in [-0.1, -0.05) is 18.2 Å². The van der Waals surface area contributed by atoms with Crippen molar-refractivity contribution in [1.29, 1.82) is 0 Å². The molecule has 0 aliphatic rings. The lowest BCUT2D eigenvalue weighted by atomic mass is 10.2. The Bertz CT molecular complexity index is 797. The van der Waals surface area contributed by atoms with E-state index >= 15 is 0 Å². The number of amides is 1. The van der Waals surface area contributed by atoms with Crippen LogP contribution in [0.2, 0.25) is 0 Å². The summed E-state index contributed by atoms with van der Waals surface area (Å²) >= 11 is 0. The Balaban J connectivity index is 0.00000192. The molecule has 1 aromatic carbocycles. The summed E-state index contributed by atoms with van der Waals surface area (Å²) in [7, 11) is 0. The highest BCUT2D eigenvalue weighted by atomic mass is 79.9. The first kappa shape index (κ1) is 17.1. The average molecular weight is 372 g/mol. The third kappa shape index (κ3) is 4.36. The van der Waals surface area contributed by atoms with E-state index in [9.17, 15) is 4.79 Å². The molecule has 0 radical (unpaired) electrons. The Hall–Kier alpha value is -2.27. The number of nitrogens with zero attached hydrogens (tertiary/aromatic N) is 2. The van der Waals surface area contributed by atoms with Gasteiger partial charge in [0.2, 0.25) is 5.91 Å². The Morgan fingerprint density at radius 3 is 2.65 bits per heavy atom. The molecule has 4 nitrogen and oxygen atoms in total. The summed E-state index contributed by atoms with van der Waals surface area (Å²) in [6.45, 7) is 2.70. The molecule has 3 rings (SSSR count). The predicted octanol–water partition coefficient (Wildman–Crippen LogP) is -0.136. The number of nitrogens with one attached hydrogen (secondary N) is 1. The molecule has 0 aliphatic heterocycles. The van der Waals surface area contributed by atoms with Crippen LogP contribution in [-0.2, 0) is 11.3 Å². The molecule has 0 aliphatic carbocycles. The third-order valence-electron chi connectivity index (χ3n) is 3.56. The number of hydrogen-bond acceptors (Lipinski definition) is 2.